The fourth-order valence-electron chi connectivity index (χ4n) is 3.08. The van der Waals surface area contributed by atoms with Crippen molar-refractivity contribution in [3.05, 3.63) is 28.8 Å². The Bertz CT molecular complexity index is 778. The first kappa shape index (κ1) is 21.8. The van der Waals surface area contributed by atoms with Crippen LogP contribution in [0.5, 0.6) is 0 Å². The van der Waals surface area contributed by atoms with Crippen LogP contribution >= 0.6 is 11.6 Å². The van der Waals surface area contributed by atoms with Crippen LogP contribution < -0.4 is 15.8 Å². The molecule has 0 unspecified atom stereocenters. The number of nitrogens with one attached hydrogen (secondary N) is 3. The van der Waals surface area contributed by atoms with Gasteiger partial charge in [-0.15, -0.1) is 0 Å². The lowest BCUT2D eigenvalue weighted by atomic mass is 9.82. The second-order valence-corrected chi connectivity index (χ2v) is 8.82. The SMILES string of the molecule is N=C(N)NC[C@H]1CC[C@H](CNS(=O)(=O)c2cc(C(F)(F)F)ccc2Cl)CC1. The Balaban J connectivity index is 1.95. The van der Waals surface area contributed by atoms with E-state index >= 15 is 0 Å². The molecule has 6 nitrogen and oxygen atoms in total. The van der Waals surface area contributed by atoms with Crippen molar-refractivity contribution in [2.75, 3.05) is 13.1 Å². The first-order valence-electron chi connectivity index (χ1n) is 8.43. The monoisotopic (exact) mass is 426 g/mol. The van der Waals surface area contributed by atoms with Gasteiger partial charge in [0, 0.05) is 13.1 Å². The lowest BCUT2D eigenvalue weighted by molar-refractivity contribution is -0.137. The van der Waals surface area contributed by atoms with E-state index in [9.17, 15) is 21.6 Å². The molecule has 0 saturated heterocycles. The van der Waals surface area contributed by atoms with Crippen molar-refractivity contribution < 1.29 is 21.6 Å². The topological polar surface area (TPSA) is 108 Å². The molecular formula is C16H22ClF3N4O2S. The first-order chi connectivity index (χ1) is 12.5. The molecule has 1 aromatic rings. The van der Waals surface area contributed by atoms with Crippen LogP contribution in [0, 0.1) is 17.2 Å². The summed E-state index contributed by atoms with van der Waals surface area (Å²) in [5, 5.41) is 9.67. The molecule has 1 aliphatic rings. The highest BCUT2D eigenvalue weighted by atomic mass is 35.5. The van der Waals surface area contributed by atoms with Gasteiger partial charge in [0.25, 0.3) is 0 Å². The second-order valence-electron chi connectivity index (χ2n) is 6.68. The molecule has 2 rings (SSSR count). The maximum atomic E-state index is 12.8. The zero-order chi connectivity index (χ0) is 20.2. The largest absolute Gasteiger partial charge is 0.416 e. The molecule has 152 valence electrons. The van der Waals surface area contributed by atoms with E-state index in [1.807, 2.05) is 0 Å². The summed E-state index contributed by atoms with van der Waals surface area (Å²) in [6, 6.07) is 2.23. The lowest BCUT2D eigenvalue weighted by Gasteiger charge is -2.28. The van der Waals surface area contributed by atoms with Gasteiger partial charge in [0.05, 0.1) is 10.6 Å². The highest BCUT2D eigenvalue weighted by Crippen LogP contribution is 2.33. The third-order valence-corrected chi connectivity index (χ3v) is 6.56. The zero-order valence-corrected chi connectivity index (χ0v) is 16.0. The Kier molecular flexibility index (Phi) is 6.98. The van der Waals surface area contributed by atoms with E-state index < -0.39 is 26.7 Å². The van der Waals surface area contributed by atoms with E-state index in [0.29, 0.717) is 18.5 Å². The van der Waals surface area contributed by atoms with Gasteiger partial charge in [-0.2, -0.15) is 13.2 Å². The van der Waals surface area contributed by atoms with Crippen LogP contribution in [0.1, 0.15) is 31.2 Å². The second kappa shape index (κ2) is 8.66. The molecule has 0 heterocycles. The molecule has 11 heteroatoms. The predicted octanol–water partition coefficient (Wildman–Crippen LogP) is 2.93. The summed E-state index contributed by atoms with van der Waals surface area (Å²) in [6.45, 7) is 0.745. The molecule has 0 radical (unpaired) electrons. The molecule has 0 amide bonds. The van der Waals surface area contributed by atoms with Crippen molar-refractivity contribution in [2.24, 2.45) is 17.6 Å². The quantitative estimate of drug-likeness (QED) is 0.414. The molecule has 0 bridgehead atoms. The van der Waals surface area contributed by atoms with Gasteiger partial charge in [-0.3, -0.25) is 5.41 Å². The lowest BCUT2D eigenvalue weighted by Crippen LogP contribution is -2.37. The fraction of sp³-hybridized carbons (Fsp3) is 0.562. The minimum atomic E-state index is -4.65. The molecule has 0 aliphatic heterocycles. The van der Waals surface area contributed by atoms with E-state index in [0.717, 1.165) is 37.8 Å². The Hall–Kier alpha value is -1.52. The van der Waals surface area contributed by atoms with Crippen molar-refractivity contribution in [1.29, 1.82) is 5.41 Å². The van der Waals surface area contributed by atoms with Gasteiger partial charge >= 0.3 is 6.18 Å². The third kappa shape index (κ3) is 6.25. The van der Waals surface area contributed by atoms with Crippen LogP contribution in [0.15, 0.2) is 23.1 Å². The summed E-state index contributed by atoms with van der Waals surface area (Å²) in [7, 11) is -4.15. The van der Waals surface area contributed by atoms with E-state index in [2.05, 4.69) is 10.0 Å². The molecule has 5 N–H and O–H groups in total. The molecule has 27 heavy (non-hydrogen) atoms. The van der Waals surface area contributed by atoms with Crippen LogP contribution in [0.2, 0.25) is 5.02 Å². The normalized spacial score (nSPS) is 21.0. The number of hydrogen-bond donors (Lipinski definition) is 4. The number of guanidine groups is 1. The Labute approximate surface area is 161 Å². The number of halogens is 4. The van der Waals surface area contributed by atoms with Gasteiger partial charge in [0.15, 0.2) is 5.96 Å². The number of alkyl halides is 3. The van der Waals surface area contributed by atoms with Crippen molar-refractivity contribution >= 4 is 27.6 Å². The minimum absolute atomic E-state index is 0.0807. The van der Waals surface area contributed by atoms with Gasteiger partial charge in [0.1, 0.15) is 4.90 Å². The average molecular weight is 427 g/mol. The Morgan fingerprint density at radius 3 is 2.26 bits per heavy atom. The number of benzene rings is 1. The van der Waals surface area contributed by atoms with Crippen molar-refractivity contribution in [1.82, 2.24) is 10.0 Å². The van der Waals surface area contributed by atoms with Gasteiger partial charge in [-0.05, 0) is 55.7 Å². The van der Waals surface area contributed by atoms with E-state index in [1.54, 1.807) is 0 Å². The number of hydrogen-bond acceptors (Lipinski definition) is 3. The highest BCUT2D eigenvalue weighted by molar-refractivity contribution is 7.89. The maximum Gasteiger partial charge on any atom is 0.416 e. The van der Waals surface area contributed by atoms with Crippen LogP contribution in [0.4, 0.5) is 13.2 Å². The van der Waals surface area contributed by atoms with Gasteiger partial charge in [-0.1, -0.05) is 11.6 Å². The molecule has 0 atom stereocenters. The Morgan fingerprint density at radius 1 is 1.19 bits per heavy atom. The van der Waals surface area contributed by atoms with Crippen molar-refractivity contribution in [3.63, 3.8) is 0 Å². The van der Waals surface area contributed by atoms with E-state index in [1.165, 1.54) is 0 Å². The molecule has 1 fully saturated rings. The summed E-state index contributed by atoms with van der Waals surface area (Å²) in [6.07, 6.45) is -1.37. The van der Waals surface area contributed by atoms with Crippen LogP contribution in [0.3, 0.4) is 0 Å². The number of nitrogens with two attached hydrogens (primary N) is 1. The molecule has 1 aromatic carbocycles. The standard InChI is InChI=1S/C16H22ClF3N4O2S/c17-13-6-5-12(16(18,19)20)7-14(13)27(25,26)24-9-11-3-1-10(2-4-11)8-23-15(21)22/h5-7,10-11,24H,1-4,8-9H2,(H4,21,22,23)/t10-,11-. The molecular weight excluding hydrogens is 405 g/mol. The van der Waals surface area contributed by atoms with Crippen LogP contribution in [-0.2, 0) is 16.2 Å². The highest BCUT2D eigenvalue weighted by Gasteiger charge is 2.33. The molecule has 1 saturated carbocycles. The first-order valence-corrected chi connectivity index (χ1v) is 10.3. The minimum Gasteiger partial charge on any atom is -0.370 e. The summed E-state index contributed by atoms with van der Waals surface area (Å²) < 4.78 is 65.7. The third-order valence-electron chi connectivity index (χ3n) is 4.66. The summed E-state index contributed by atoms with van der Waals surface area (Å²) in [4.78, 5) is -0.571. The fourth-order valence-corrected chi connectivity index (χ4v) is 4.72. The summed E-state index contributed by atoms with van der Waals surface area (Å²) in [5.41, 5.74) is 4.19. The summed E-state index contributed by atoms with van der Waals surface area (Å²) >= 11 is 5.81. The van der Waals surface area contributed by atoms with Crippen molar-refractivity contribution in [3.8, 4) is 0 Å². The van der Waals surface area contributed by atoms with E-state index in [4.69, 9.17) is 22.7 Å². The zero-order valence-electron chi connectivity index (χ0n) is 14.4. The Morgan fingerprint density at radius 2 is 1.74 bits per heavy atom. The molecule has 1 aliphatic carbocycles. The molecule has 0 aromatic heterocycles. The molecule has 0 spiro atoms. The van der Waals surface area contributed by atoms with Crippen LogP contribution in [0.25, 0.3) is 0 Å². The van der Waals surface area contributed by atoms with Crippen LogP contribution in [-0.4, -0.2) is 27.5 Å². The summed E-state index contributed by atoms with van der Waals surface area (Å²) in [5.74, 6) is 0.375. The number of sulfonamides is 1. The van der Waals surface area contributed by atoms with Crippen molar-refractivity contribution in [2.45, 2.75) is 36.8 Å². The predicted molar refractivity (Wildman–Crippen MR) is 97.0 cm³/mol. The van der Waals surface area contributed by atoms with Gasteiger partial charge < -0.3 is 11.1 Å². The smallest absolute Gasteiger partial charge is 0.370 e. The van der Waals surface area contributed by atoms with Gasteiger partial charge in [-0.25, -0.2) is 13.1 Å². The van der Waals surface area contributed by atoms with E-state index in [-0.39, 0.29) is 23.4 Å². The number of rotatable bonds is 6. The average Bonchev–Trinajstić information content (AvgIpc) is 2.58. The van der Waals surface area contributed by atoms with Gasteiger partial charge in [0.2, 0.25) is 10.0 Å². The maximum absolute atomic E-state index is 12.8.